The minimum absolute atomic E-state index is 0.0593. The summed E-state index contributed by atoms with van der Waals surface area (Å²) in [6.07, 6.45) is 1.90. The predicted octanol–water partition coefficient (Wildman–Crippen LogP) is 0.314. The van der Waals surface area contributed by atoms with Crippen molar-refractivity contribution in [2.24, 2.45) is 0 Å². The van der Waals surface area contributed by atoms with Crippen molar-refractivity contribution in [1.82, 2.24) is 30.0 Å². The first-order valence-electron chi connectivity index (χ1n) is 7.10. The van der Waals surface area contributed by atoms with Crippen LogP contribution >= 0.6 is 0 Å². The molecular weight excluding hydrogens is 284 g/mol. The Kier molecular flexibility index (Phi) is 3.82. The normalized spacial score (nSPS) is 14.4. The van der Waals surface area contributed by atoms with Crippen molar-refractivity contribution in [3.05, 3.63) is 36.2 Å². The van der Waals surface area contributed by atoms with Crippen LogP contribution in [0.3, 0.4) is 0 Å². The monoisotopic (exact) mass is 300 g/mol. The number of nitrogens with zero attached hydrogens (tertiary/aromatic N) is 6. The average Bonchev–Trinajstić information content (AvgIpc) is 3.25. The number of tetrazole rings is 1. The number of rotatable bonds is 3. The number of hydrogen-bond donors (Lipinski definition) is 0. The van der Waals surface area contributed by atoms with Crippen molar-refractivity contribution in [3.8, 4) is 5.69 Å². The first-order valence-corrected chi connectivity index (χ1v) is 7.10. The Morgan fingerprint density at radius 3 is 2.68 bits per heavy atom. The predicted molar refractivity (Wildman–Crippen MR) is 77.1 cm³/mol. The summed E-state index contributed by atoms with van der Waals surface area (Å²) in [4.78, 5) is 27.8. The van der Waals surface area contributed by atoms with E-state index < -0.39 is 0 Å². The third-order valence-electron chi connectivity index (χ3n) is 3.65. The Bertz CT molecular complexity index is 684. The molecule has 114 valence electrons. The van der Waals surface area contributed by atoms with Gasteiger partial charge in [-0.2, -0.15) is 4.68 Å². The Balaban J connectivity index is 1.84. The molecule has 0 bridgehead atoms. The lowest BCUT2D eigenvalue weighted by Crippen LogP contribution is -2.34. The number of amides is 2. The van der Waals surface area contributed by atoms with Crippen molar-refractivity contribution >= 4 is 11.8 Å². The molecule has 2 aromatic rings. The summed E-state index contributed by atoms with van der Waals surface area (Å²) in [5.41, 5.74) is 1.14. The molecule has 1 fully saturated rings. The highest BCUT2D eigenvalue weighted by Gasteiger charge is 2.28. The largest absolute Gasteiger partial charge is 0.323 e. The van der Waals surface area contributed by atoms with E-state index in [9.17, 15) is 9.59 Å². The third kappa shape index (κ3) is 2.54. The van der Waals surface area contributed by atoms with Gasteiger partial charge >= 0.3 is 0 Å². The van der Waals surface area contributed by atoms with E-state index in [0.717, 1.165) is 0 Å². The van der Waals surface area contributed by atoms with Gasteiger partial charge in [0.25, 0.3) is 5.91 Å². The van der Waals surface area contributed by atoms with E-state index >= 15 is 0 Å². The van der Waals surface area contributed by atoms with Crippen LogP contribution in [0.1, 0.15) is 23.7 Å². The molecule has 22 heavy (non-hydrogen) atoms. The molecule has 1 aromatic heterocycles. The summed E-state index contributed by atoms with van der Waals surface area (Å²) in [5, 5.41) is 11.0. The molecular formula is C14H16N6O2. The molecule has 0 N–H and O–H groups in total. The summed E-state index contributed by atoms with van der Waals surface area (Å²) in [6.45, 7) is 3.26. The van der Waals surface area contributed by atoms with Crippen LogP contribution in [0, 0.1) is 0 Å². The van der Waals surface area contributed by atoms with E-state index in [-0.39, 0.29) is 11.8 Å². The molecule has 8 heteroatoms. The highest BCUT2D eigenvalue weighted by molar-refractivity contribution is 5.98. The minimum Gasteiger partial charge on any atom is -0.323 e. The zero-order valence-electron chi connectivity index (χ0n) is 12.2. The lowest BCUT2D eigenvalue weighted by Gasteiger charge is -2.19. The zero-order chi connectivity index (χ0) is 15.5. The van der Waals surface area contributed by atoms with Gasteiger partial charge in [-0.05, 0) is 22.6 Å². The maximum Gasteiger partial charge on any atom is 0.257 e. The van der Waals surface area contributed by atoms with Crippen LogP contribution < -0.4 is 0 Å². The fourth-order valence-electron chi connectivity index (χ4n) is 2.48. The van der Waals surface area contributed by atoms with Gasteiger partial charge in [0.15, 0.2) is 0 Å². The highest BCUT2D eigenvalue weighted by Crippen LogP contribution is 2.17. The molecule has 0 unspecified atom stereocenters. The van der Waals surface area contributed by atoms with Crippen molar-refractivity contribution in [2.45, 2.75) is 13.3 Å². The average molecular weight is 300 g/mol. The van der Waals surface area contributed by atoms with Crippen LogP contribution in [-0.2, 0) is 4.79 Å². The maximum absolute atomic E-state index is 12.7. The SMILES string of the molecule is CCC(=O)N1CCN(C(=O)c2ccccc2-n2cnnn2)C1. The number of benzene rings is 1. The molecule has 1 aliphatic rings. The van der Waals surface area contributed by atoms with Crippen LogP contribution in [0.25, 0.3) is 5.69 Å². The summed E-state index contributed by atoms with van der Waals surface area (Å²) in [7, 11) is 0. The molecule has 0 atom stereocenters. The van der Waals surface area contributed by atoms with Gasteiger partial charge in [0.05, 0.1) is 17.9 Å². The van der Waals surface area contributed by atoms with E-state index in [4.69, 9.17) is 0 Å². The molecule has 0 aliphatic carbocycles. The molecule has 1 aromatic carbocycles. The molecule has 8 nitrogen and oxygen atoms in total. The third-order valence-corrected chi connectivity index (χ3v) is 3.65. The summed E-state index contributed by atoms with van der Waals surface area (Å²) in [5.74, 6) is -0.0680. The van der Waals surface area contributed by atoms with E-state index in [2.05, 4.69) is 15.5 Å². The second kappa shape index (κ2) is 5.92. The Morgan fingerprint density at radius 2 is 1.95 bits per heavy atom. The van der Waals surface area contributed by atoms with Crippen LogP contribution in [0.15, 0.2) is 30.6 Å². The molecule has 1 saturated heterocycles. The first-order chi connectivity index (χ1) is 10.7. The zero-order valence-corrected chi connectivity index (χ0v) is 12.2. The molecule has 3 rings (SSSR count). The van der Waals surface area contributed by atoms with Crippen molar-refractivity contribution < 1.29 is 9.59 Å². The Labute approximate surface area is 127 Å². The highest BCUT2D eigenvalue weighted by atomic mass is 16.2. The molecule has 0 spiro atoms. The lowest BCUT2D eigenvalue weighted by molar-refractivity contribution is -0.130. The van der Waals surface area contributed by atoms with Gasteiger partial charge < -0.3 is 9.80 Å². The van der Waals surface area contributed by atoms with Gasteiger partial charge in [0.1, 0.15) is 6.33 Å². The number of para-hydroxylation sites is 1. The van der Waals surface area contributed by atoms with E-state index in [0.29, 0.717) is 37.4 Å². The topological polar surface area (TPSA) is 84.2 Å². The number of hydrogen-bond acceptors (Lipinski definition) is 5. The van der Waals surface area contributed by atoms with Gasteiger partial charge in [-0.1, -0.05) is 19.1 Å². The molecule has 0 radical (unpaired) electrons. The van der Waals surface area contributed by atoms with Crippen LogP contribution in [0.4, 0.5) is 0 Å². The quantitative estimate of drug-likeness (QED) is 0.814. The van der Waals surface area contributed by atoms with Gasteiger partial charge in [0.2, 0.25) is 5.91 Å². The lowest BCUT2D eigenvalue weighted by atomic mass is 10.1. The van der Waals surface area contributed by atoms with Gasteiger partial charge in [-0.15, -0.1) is 5.10 Å². The van der Waals surface area contributed by atoms with Crippen molar-refractivity contribution in [2.75, 3.05) is 19.8 Å². The maximum atomic E-state index is 12.7. The second-order valence-corrected chi connectivity index (χ2v) is 4.99. The smallest absolute Gasteiger partial charge is 0.257 e. The van der Waals surface area contributed by atoms with Gasteiger partial charge in [-0.25, -0.2) is 0 Å². The van der Waals surface area contributed by atoms with Crippen molar-refractivity contribution in [1.29, 1.82) is 0 Å². The second-order valence-electron chi connectivity index (χ2n) is 4.99. The molecule has 2 heterocycles. The standard InChI is InChI=1S/C14H16N6O2/c1-2-13(21)18-7-8-19(10-18)14(22)11-5-3-4-6-12(11)20-9-15-16-17-20/h3-6,9H,2,7-8,10H2,1H3. The summed E-state index contributed by atoms with van der Waals surface area (Å²) >= 11 is 0. The molecule has 2 amide bonds. The fourth-order valence-corrected chi connectivity index (χ4v) is 2.48. The fraction of sp³-hybridized carbons (Fsp3) is 0.357. The number of carbonyl (C=O) groups is 2. The van der Waals surface area contributed by atoms with E-state index in [1.165, 1.54) is 11.0 Å². The summed E-state index contributed by atoms with van der Waals surface area (Å²) < 4.78 is 1.46. The summed E-state index contributed by atoms with van der Waals surface area (Å²) in [6, 6.07) is 7.15. The number of aromatic nitrogens is 4. The van der Waals surface area contributed by atoms with Crippen molar-refractivity contribution in [3.63, 3.8) is 0 Å². The Morgan fingerprint density at radius 1 is 1.18 bits per heavy atom. The van der Waals surface area contributed by atoms with Gasteiger partial charge in [0, 0.05) is 19.5 Å². The number of carbonyl (C=O) groups excluding carboxylic acids is 2. The molecule has 0 saturated carbocycles. The first kappa shape index (κ1) is 14.2. The van der Waals surface area contributed by atoms with Crippen LogP contribution in [0.5, 0.6) is 0 Å². The van der Waals surface area contributed by atoms with Gasteiger partial charge in [-0.3, -0.25) is 9.59 Å². The van der Waals surface area contributed by atoms with Crippen LogP contribution in [-0.4, -0.2) is 61.6 Å². The van der Waals surface area contributed by atoms with E-state index in [1.54, 1.807) is 28.0 Å². The minimum atomic E-state index is -0.127. The molecule has 1 aliphatic heterocycles. The van der Waals surface area contributed by atoms with Crippen LogP contribution in [0.2, 0.25) is 0 Å². The van der Waals surface area contributed by atoms with E-state index in [1.807, 2.05) is 13.0 Å². The Hall–Kier alpha value is -2.77.